The van der Waals surface area contributed by atoms with Crippen molar-refractivity contribution in [1.82, 2.24) is 4.90 Å². The molecule has 0 saturated carbocycles. The quantitative estimate of drug-likeness (QED) is 0.484. The molecule has 1 unspecified atom stereocenters. The summed E-state index contributed by atoms with van der Waals surface area (Å²) in [5.74, 6) is 0.692. The number of ether oxygens (including phenoxy) is 3. The third-order valence-corrected chi connectivity index (χ3v) is 5.58. The number of hydrogen-bond donors (Lipinski definition) is 0. The Labute approximate surface area is 193 Å². The van der Waals surface area contributed by atoms with Crippen LogP contribution in [0.2, 0.25) is 0 Å². The predicted octanol–water partition coefficient (Wildman–Crippen LogP) is 5.44. The zero-order valence-electron chi connectivity index (χ0n) is 18.8. The summed E-state index contributed by atoms with van der Waals surface area (Å²) in [6.45, 7) is 11.2. The maximum absolute atomic E-state index is 12.0. The van der Waals surface area contributed by atoms with E-state index in [0.29, 0.717) is 26.2 Å². The summed E-state index contributed by atoms with van der Waals surface area (Å²) in [6.07, 6.45) is 0.386. The smallest absolute Gasteiger partial charge is 0.307 e. The fourth-order valence-corrected chi connectivity index (χ4v) is 4.08. The average molecular weight is 490 g/mol. The van der Waals surface area contributed by atoms with Crippen molar-refractivity contribution >= 4 is 21.9 Å². The molecule has 0 spiro atoms. The van der Waals surface area contributed by atoms with Gasteiger partial charge in [-0.05, 0) is 68.7 Å². The summed E-state index contributed by atoms with van der Waals surface area (Å²) in [5, 5.41) is 0. The fraction of sp³-hybridized carbons (Fsp3) is 0.480. The van der Waals surface area contributed by atoms with Gasteiger partial charge in [0.15, 0.2) is 0 Å². The molecule has 0 amide bonds. The van der Waals surface area contributed by atoms with Crippen LogP contribution in [0.1, 0.15) is 50.0 Å². The van der Waals surface area contributed by atoms with Crippen LogP contribution in [0.3, 0.4) is 0 Å². The van der Waals surface area contributed by atoms with Crippen molar-refractivity contribution in [3.05, 3.63) is 63.6 Å². The number of morpholine rings is 1. The molecule has 1 saturated heterocycles. The first kappa shape index (κ1) is 23.8. The molecule has 168 valence electrons. The van der Waals surface area contributed by atoms with Crippen molar-refractivity contribution in [2.24, 2.45) is 0 Å². The lowest BCUT2D eigenvalue weighted by atomic mass is 10.0. The first-order valence-corrected chi connectivity index (χ1v) is 11.5. The van der Waals surface area contributed by atoms with Gasteiger partial charge in [-0.3, -0.25) is 9.69 Å². The molecule has 1 aliphatic rings. The summed E-state index contributed by atoms with van der Waals surface area (Å²) in [4.78, 5) is 14.3. The Hall–Kier alpha value is -1.89. The molecule has 2 aromatic rings. The number of carbonyl (C=O) groups excluding carboxylic acids is 1. The first-order chi connectivity index (χ1) is 14.7. The number of carbonyl (C=O) groups is 1. The Morgan fingerprint density at radius 2 is 2.03 bits per heavy atom. The third kappa shape index (κ3) is 7.63. The van der Waals surface area contributed by atoms with Gasteiger partial charge in [0.25, 0.3) is 0 Å². The van der Waals surface area contributed by atoms with Gasteiger partial charge in [0.2, 0.25) is 0 Å². The van der Waals surface area contributed by atoms with Crippen LogP contribution in [0.25, 0.3) is 0 Å². The molecule has 1 fully saturated rings. The van der Waals surface area contributed by atoms with E-state index in [1.807, 2.05) is 45.0 Å². The van der Waals surface area contributed by atoms with Crippen LogP contribution < -0.4 is 4.74 Å². The topological polar surface area (TPSA) is 48.0 Å². The highest BCUT2D eigenvalue weighted by molar-refractivity contribution is 9.10. The zero-order valence-corrected chi connectivity index (χ0v) is 20.4. The summed E-state index contributed by atoms with van der Waals surface area (Å²) in [5.41, 5.74) is 2.98. The molecule has 1 heterocycles. The lowest BCUT2D eigenvalue weighted by Gasteiger charge is -2.33. The number of rotatable bonds is 7. The first-order valence-electron chi connectivity index (χ1n) is 10.7. The van der Waals surface area contributed by atoms with Gasteiger partial charge in [0.1, 0.15) is 18.0 Å². The molecule has 1 aliphatic heterocycles. The standard InChI is InChI=1S/C25H32BrNO4/c1-18-14-21(30-17-19-6-5-7-20(26)15-19)8-9-22(18)23-16-27(12-13-29-23)11-10-24(28)31-25(2,3)4/h5-9,14-15,23H,10-13,16-17H2,1-4H3. The normalized spacial score (nSPS) is 17.4. The largest absolute Gasteiger partial charge is 0.489 e. The number of aryl methyl sites for hydroxylation is 1. The molecule has 1 atom stereocenters. The number of benzene rings is 2. The molecule has 0 bridgehead atoms. The van der Waals surface area contributed by atoms with Crippen LogP contribution in [-0.2, 0) is 20.9 Å². The Bertz CT molecular complexity index is 893. The van der Waals surface area contributed by atoms with Crippen LogP contribution in [0.4, 0.5) is 0 Å². The fourth-order valence-electron chi connectivity index (χ4n) is 3.63. The summed E-state index contributed by atoms with van der Waals surface area (Å²) >= 11 is 3.49. The maximum atomic E-state index is 12.0. The molecule has 5 nitrogen and oxygen atoms in total. The molecular formula is C25H32BrNO4. The SMILES string of the molecule is Cc1cc(OCc2cccc(Br)c2)ccc1C1CN(CCC(=O)OC(C)(C)C)CCO1. The van der Waals surface area contributed by atoms with Gasteiger partial charge >= 0.3 is 5.97 Å². The lowest BCUT2D eigenvalue weighted by Crippen LogP contribution is -2.40. The summed E-state index contributed by atoms with van der Waals surface area (Å²) in [7, 11) is 0. The van der Waals surface area contributed by atoms with Crippen molar-refractivity contribution in [3.8, 4) is 5.75 Å². The van der Waals surface area contributed by atoms with Gasteiger partial charge in [-0.25, -0.2) is 0 Å². The number of nitrogens with zero attached hydrogens (tertiary/aromatic N) is 1. The third-order valence-electron chi connectivity index (χ3n) is 5.09. The monoisotopic (exact) mass is 489 g/mol. The van der Waals surface area contributed by atoms with E-state index < -0.39 is 5.60 Å². The summed E-state index contributed by atoms with van der Waals surface area (Å²) < 4.78 is 18.5. The number of halogens is 1. The minimum Gasteiger partial charge on any atom is -0.489 e. The minimum absolute atomic E-state index is 0.00786. The Kier molecular flexibility index (Phi) is 8.14. The van der Waals surface area contributed by atoms with Crippen molar-refractivity contribution in [3.63, 3.8) is 0 Å². The molecule has 0 aromatic heterocycles. The number of hydrogen-bond acceptors (Lipinski definition) is 5. The van der Waals surface area contributed by atoms with E-state index in [1.165, 1.54) is 0 Å². The van der Waals surface area contributed by atoms with Crippen LogP contribution >= 0.6 is 15.9 Å². The van der Waals surface area contributed by atoms with Crippen LogP contribution in [0.5, 0.6) is 5.75 Å². The minimum atomic E-state index is -0.442. The van der Waals surface area contributed by atoms with Gasteiger partial charge in [-0.15, -0.1) is 0 Å². The van der Waals surface area contributed by atoms with Gasteiger partial charge < -0.3 is 14.2 Å². The van der Waals surface area contributed by atoms with Crippen LogP contribution in [0, 0.1) is 6.92 Å². The van der Waals surface area contributed by atoms with E-state index in [4.69, 9.17) is 14.2 Å². The Balaban J connectivity index is 1.54. The predicted molar refractivity (Wildman–Crippen MR) is 125 cm³/mol. The molecule has 0 radical (unpaired) electrons. The summed E-state index contributed by atoms with van der Waals surface area (Å²) in [6, 6.07) is 14.3. The van der Waals surface area contributed by atoms with E-state index in [2.05, 4.69) is 46.0 Å². The second-order valence-electron chi connectivity index (χ2n) is 8.93. The van der Waals surface area contributed by atoms with Crippen molar-refractivity contribution < 1.29 is 19.0 Å². The number of esters is 1. The highest BCUT2D eigenvalue weighted by atomic mass is 79.9. The van der Waals surface area contributed by atoms with Gasteiger partial charge in [-0.1, -0.05) is 34.1 Å². The van der Waals surface area contributed by atoms with E-state index in [1.54, 1.807) is 0 Å². The Morgan fingerprint density at radius 3 is 2.74 bits per heavy atom. The van der Waals surface area contributed by atoms with Crippen molar-refractivity contribution in [2.75, 3.05) is 26.2 Å². The maximum Gasteiger partial charge on any atom is 0.307 e. The van der Waals surface area contributed by atoms with E-state index in [-0.39, 0.29) is 12.1 Å². The molecule has 2 aromatic carbocycles. The van der Waals surface area contributed by atoms with E-state index >= 15 is 0 Å². The molecule has 0 aliphatic carbocycles. The second-order valence-corrected chi connectivity index (χ2v) is 9.85. The molecule has 31 heavy (non-hydrogen) atoms. The van der Waals surface area contributed by atoms with E-state index in [0.717, 1.165) is 40.0 Å². The van der Waals surface area contributed by atoms with Gasteiger partial charge in [-0.2, -0.15) is 0 Å². The molecule has 6 heteroatoms. The van der Waals surface area contributed by atoms with Crippen LogP contribution in [-0.4, -0.2) is 42.7 Å². The Morgan fingerprint density at radius 1 is 1.23 bits per heavy atom. The lowest BCUT2D eigenvalue weighted by molar-refractivity contribution is -0.155. The van der Waals surface area contributed by atoms with Gasteiger partial charge in [0, 0.05) is 24.1 Å². The highest BCUT2D eigenvalue weighted by Gasteiger charge is 2.24. The van der Waals surface area contributed by atoms with Crippen molar-refractivity contribution in [1.29, 1.82) is 0 Å². The molecular weight excluding hydrogens is 458 g/mol. The van der Waals surface area contributed by atoms with Gasteiger partial charge in [0.05, 0.1) is 19.1 Å². The van der Waals surface area contributed by atoms with Crippen molar-refractivity contribution in [2.45, 2.75) is 52.4 Å². The van der Waals surface area contributed by atoms with Crippen LogP contribution in [0.15, 0.2) is 46.9 Å². The van der Waals surface area contributed by atoms with E-state index in [9.17, 15) is 4.79 Å². The zero-order chi connectivity index (χ0) is 22.4. The second kappa shape index (κ2) is 10.6. The molecule has 3 rings (SSSR count). The molecule has 0 N–H and O–H groups in total. The average Bonchev–Trinajstić information content (AvgIpc) is 2.70. The highest BCUT2D eigenvalue weighted by Crippen LogP contribution is 2.28.